The minimum absolute atomic E-state index is 0.0206. The number of hydrogen-bond donors (Lipinski definition) is 2. The summed E-state index contributed by atoms with van der Waals surface area (Å²) in [5.41, 5.74) is 1.46. The zero-order chi connectivity index (χ0) is 14.4. The van der Waals surface area contributed by atoms with Gasteiger partial charge in [0.25, 0.3) is 5.91 Å². The molecule has 0 aliphatic heterocycles. The van der Waals surface area contributed by atoms with Crippen LogP contribution < -0.4 is 5.32 Å². The van der Waals surface area contributed by atoms with E-state index in [4.69, 9.17) is 5.11 Å². The molecule has 110 valence electrons. The van der Waals surface area contributed by atoms with Crippen molar-refractivity contribution in [1.29, 1.82) is 0 Å². The number of rotatable bonds is 7. The molecule has 1 aliphatic rings. The Morgan fingerprint density at radius 1 is 1.55 bits per heavy atom. The molecular weight excluding hydrogens is 254 g/mol. The van der Waals surface area contributed by atoms with Crippen LogP contribution in [0.1, 0.15) is 43.0 Å². The second kappa shape index (κ2) is 7.24. The van der Waals surface area contributed by atoms with Crippen molar-refractivity contribution in [3.63, 3.8) is 0 Å². The molecule has 0 aromatic carbocycles. The van der Waals surface area contributed by atoms with Crippen LogP contribution in [-0.2, 0) is 0 Å². The monoisotopic (exact) mass is 277 g/mol. The number of pyridine rings is 1. The molecule has 1 heterocycles. The number of aromatic nitrogens is 1. The van der Waals surface area contributed by atoms with Gasteiger partial charge in [-0.1, -0.05) is 0 Å². The number of nitrogens with zero attached hydrogens (tertiary/aromatic N) is 2. The lowest BCUT2D eigenvalue weighted by atomic mass is 9.90. The van der Waals surface area contributed by atoms with Gasteiger partial charge in [-0.25, -0.2) is 0 Å². The molecule has 0 spiro atoms. The standard InChI is InChI=1S/C15H23N3O2/c1-2-17-14-7-8-16-11-13(14)15(20)18(9-4-10-19)12-5-3-6-12/h7-8,11-12,19H,2-6,9-10H2,1H3,(H,16,17). The highest BCUT2D eigenvalue weighted by molar-refractivity contribution is 5.99. The van der Waals surface area contributed by atoms with Gasteiger partial charge in [0.15, 0.2) is 0 Å². The fraction of sp³-hybridized carbons (Fsp3) is 0.600. The van der Waals surface area contributed by atoms with Crippen LogP contribution in [0.25, 0.3) is 0 Å². The van der Waals surface area contributed by atoms with Gasteiger partial charge < -0.3 is 15.3 Å². The van der Waals surface area contributed by atoms with Crippen LogP contribution in [0, 0.1) is 0 Å². The molecule has 5 heteroatoms. The van der Waals surface area contributed by atoms with E-state index in [0.29, 0.717) is 24.6 Å². The van der Waals surface area contributed by atoms with Crippen molar-refractivity contribution < 1.29 is 9.90 Å². The minimum Gasteiger partial charge on any atom is -0.396 e. The minimum atomic E-state index is 0.0206. The molecular formula is C15H23N3O2. The maximum absolute atomic E-state index is 12.7. The van der Waals surface area contributed by atoms with Crippen LogP contribution >= 0.6 is 0 Å². The van der Waals surface area contributed by atoms with Crippen LogP contribution in [-0.4, -0.2) is 46.6 Å². The van der Waals surface area contributed by atoms with E-state index < -0.39 is 0 Å². The first-order valence-electron chi connectivity index (χ1n) is 7.37. The lowest BCUT2D eigenvalue weighted by Gasteiger charge is -2.37. The fourth-order valence-electron chi connectivity index (χ4n) is 2.45. The van der Waals surface area contributed by atoms with Gasteiger partial charge in [-0.05, 0) is 38.7 Å². The van der Waals surface area contributed by atoms with Crippen LogP contribution in [0.2, 0.25) is 0 Å². The number of hydrogen-bond acceptors (Lipinski definition) is 4. The van der Waals surface area contributed by atoms with Crippen LogP contribution in [0.5, 0.6) is 0 Å². The lowest BCUT2D eigenvalue weighted by Crippen LogP contribution is -2.45. The van der Waals surface area contributed by atoms with E-state index in [9.17, 15) is 4.79 Å². The first kappa shape index (κ1) is 14.8. The van der Waals surface area contributed by atoms with Gasteiger partial charge in [0, 0.05) is 38.1 Å². The molecule has 2 N–H and O–H groups in total. The Hall–Kier alpha value is -1.62. The molecule has 5 nitrogen and oxygen atoms in total. The molecule has 1 amide bonds. The van der Waals surface area contributed by atoms with Crippen molar-refractivity contribution in [1.82, 2.24) is 9.88 Å². The van der Waals surface area contributed by atoms with Crippen molar-refractivity contribution >= 4 is 11.6 Å². The van der Waals surface area contributed by atoms with Crippen molar-refractivity contribution in [2.24, 2.45) is 0 Å². The average molecular weight is 277 g/mol. The average Bonchev–Trinajstić information content (AvgIpc) is 2.41. The Labute approximate surface area is 120 Å². The Balaban J connectivity index is 2.17. The predicted molar refractivity (Wildman–Crippen MR) is 78.8 cm³/mol. The van der Waals surface area contributed by atoms with Crippen molar-refractivity contribution in [3.05, 3.63) is 24.0 Å². The highest BCUT2D eigenvalue weighted by atomic mass is 16.3. The molecule has 0 atom stereocenters. The third-order valence-electron chi connectivity index (χ3n) is 3.75. The summed E-state index contributed by atoms with van der Waals surface area (Å²) in [6, 6.07) is 2.16. The fourth-order valence-corrected chi connectivity index (χ4v) is 2.45. The van der Waals surface area contributed by atoms with E-state index in [1.807, 2.05) is 17.9 Å². The summed E-state index contributed by atoms with van der Waals surface area (Å²) < 4.78 is 0. The van der Waals surface area contributed by atoms with Crippen molar-refractivity contribution in [2.75, 3.05) is 25.0 Å². The van der Waals surface area contributed by atoms with Gasteiger partial charge in [0.2, 0.25) is 0 Å². The van der Waals surface area contributed by atoms with E-state index in [0.717, 1.165) is 25.1 Å². The summed E-state index contributed by atoms with van der Waals surface area (Å²) in [4.78, 5) is 18.7. The first-order valence-corrected chi connectivity index (χ1v) is 7.37. The number of anilines is 1. The maximum atomic E-state index is 12.7. The highest BCUT2D eigenvalue weighted by Gasteiger charge is 2.30. The van der Waals surface area contributed by atoms with Gasteiger partial charge in [0.05, 0.1) is 11.3 Å². The second-order valence-corrected chi connectivity index (χ2v) is 5.11. The summed E-state index contributed by atoms with van der Waals surface area (Å²) in [7, 11) is 0. The number of aliphatic hydroxyl groups is 1. The molecule has 20 heavy (non-hydrogen) atoms. The molecule has 0 radical (unpaired) electrons. The SMILES string of the molecule is CCNc1ccncc1C(=O)N(CCCO)C1CCC1. The summed E-state index contributed by atoms with van der Waals surface area (Å²) in [5.74, 6) is 0.0206. The Bertz CT molecular complexity index is 446. The topological polar surface area (TPSA) is 65.5 Å². The smallest absolute Gasteiger partial charge is 0.257 e. The number of amides is 1. The molecule has 0 bridgehead atoms. The van der Waals surface area contributed by atoms with Gasteiger partial charge in [-0.15, -0.1) is 0 Å². The van der Waals surface area contributed by atoms with Gasteiger partial charge in [0.1, 0.15) is 0 Å². The normalized spacial score (nSPS) is 14.7. The molecule has 0 saturated heterocycles. The number of aliphatic hydroxyl groups excluding tert-OH is 1. The summed E-state index contributed by atoms with van der Waals surface area (Å²) in [5, 5.41) is 12.2. The molecule has 2 rings (SSSR count). The third-order valence-corrected chi connectivity index (χ3v) is 3.75. The Morgan fingerprint density at radius 3 is 2.95 bits per heavy atom. The van der Waals surface area contributed by atoms with Crippen molar-refractivity contribution in [3.8, 4) is 0 Å². The molecule has 1 fully saturated rings. The quantitative estimate of drug-likeness (QED) is 0.799. The lowest BCUT2D eigenvalue weighted by molar-refractivity contribution is 0.0563. The summed E-state index contributed by atoms with van der Waals surface area (Å²) in [6.07, 6.45) is 7.25. The molecule has 1 aromatic heterocycles. The van der Waals surface area contributed by atoms with Crippen molar-refractivity contribution in [2.45, 2.75) is 38.6 Å². The number of carbonyl (C=O) groups is 1. The molecule has 1 aromatic rings. The van der Waals surface area contributed by atoms with Crippen LogP contribution in [0.4, 0.5) is 5.69 Å². The van der Waals surface area contributed by atoms with E-state index in [1.54, 1.807) is 12.4 Å². The number of nitrogens with one attached hydrogen (secondary N) is 1. The van der Waals surface area contributed by atoms with Gasteiger partial charge in [-0.3, -0.25) is 9.78 Å². The maximum Gasteiger partial charge on any atom is 0.257 e. The van der Waals surface area contributed by atoms with E-state index in [2.05, 4.69) is 10.3 Å². The zero-order valence-electron chi connectivity index (χ0n) is 12.0. The number of carbonyl (C=O) groups excluding carboxylic acids is 1. The zero-order valence-corrected chi connectivity index (χ0v) is 12.0. The highest BCUT2D eigenvalue weighted by Crippen LogP contribution is 2.27. The predicted octanol–water partition coefficient (Wildman–Crippen LogP) is 1.89. The van der Waals surface area contributed by atoms with E-state index in [1.165, 1.54) is 6.42 Å². The van der Waals surface area contributed by atoms with Gasteiger partial charge in [-0.2, -0.15) is 0 Å². The summed E-state index contributed by atoms with van der Waals surface area (Å²) >= 11 is 0. The summed E-state index contributed by atoms with van der Waals surface area (Å²) in [6.45, 7) is 3.50. The van der Waals surface area contributed by atoms with Gasteiger partial charge >= 0.3 is 0 Å². The largest absolute Gasteiger partial charge is 0.396 e. The van der Waals surface area contributed by atoms with E-state index in [-0.39, 0.29) is 12.5 Å². The molecule has 1 aliphatic carbocycles. The Morgan fingerprint density at radius 2 is 2.35 bits per heavy atom. The molecule has 1 saturated carbocycles. The van der Waals surface area contributed by atoms with Crippen LogP contribution in [0.3, 0.4) is 0 Å². The third kappa shape index (κ3) is 3.28. The second-order valence-electron chi connectivity index (χ2n) is 5.11. The Kier molecular flexibility index (Phi) is 5.35. The van der Waals surface area contributed by atoms with E-state index >= 15 is 0 Å². The molecule has 0 unspecified atom stereocenters. The van der Waals surface area contributed by atoms with Crippen LogP contribution in [0.15, 0.2) is 18.5 Å². The first-order chi connectivity index (χ1) is 9.77.